The quantitative estimate of drug-likeness (QED) is 0.139. The number of nitro groups is 1. The van der Waals surface area contributed by atoms with Gasteiger partial charge in [0.1, 0.15) is 5.54 Å². The highest BCUT2D eigenvalue weighted by Crippen LogP contribution is 2.41. The average molecular weight is 527 g/mol. The molecule has 196 valence electrons. The van der Waals surface area contributed by atoms with Gasteiger partial charge in [0, 0.05) is 18.0 Å². The van der Waals surface area contributed by atoms with Crippen LogP contribution in [0.3, 0.4) is 0 Å². The zero-order chi connectivity index (χ0) is 27.7. The second-order valence-electron chi connectivity index (χ2n) is 9.70. The Kier molecular flexibility index (Phi) is 6.32. The van der Waals surface area contributed by atoms with E-state index >= 15 is 0 Å². The van der Waals surface area contributed by atoms with Crippen LogP contribution in [0.25, 0.3) is 10.8 Å². The van der Waals surface area contributed by atoms with Gasteiger partial charge in [-0.3, -0.25) is 14.9 Å². The van der Waals surface area contributed by atoms with Crippen molar-refractivity contribution in [2.24, 2.45) is 0 Å². The van der Waals surface area contributed by atoms with Crippen LogP contribution in [-0.2, 0) is 12.1 Å². The standard InChI is InChI=1S/C33H26N4O3/c1-24-30(22-35-21-20-28-29(32(35)38)18-11-19-31(28)37(39)40)34-23-36(24)33(25-12-5-2-6-13-25,26-14-7-3-8-15-26)27-16-9-4-10-17-27/h2-21,23H,22H2,1H3. The van der Waals surface area contributed by atoms with Gasteiger partial charge < -0.3 is 9.13 Å². The third-order valence-electron chi connectivity index (χ3n) is 7.56. The number of rotatable bonds is 7. The maximum absolute atomic E-state index is 13.4. The molecule has 0 saturated carbocycles. The van der Waals surface area contributed by atoms with Gasteiger partial charge in [0.15, 0.2) is 0 Å². The van der Waals surface area contributed by atoms with E-state index < -0.39 is 10.5 Å². The molecule has 0 aliphatic rings. The van der Waals surface area contributed by atoms with Crippen molar-refractivity contribution >= 4 is 16.5 Å². The van der Waals surface area contributed by atoms with E-state index in [4.69, 9.17) is 4.98 Å². The minimum Gasteiger partial charge on any atom is -0.316 e. The lowest BCUT2D eigenvalue weighted by atomic mass is 9.76. The Hall–Kier alpha value is -5.30. The highest BCUT2D eigenvalue weighted by atomic mass is 16.6. The van der Waals surface area contributed by atoms with Crippen LogP contribution in [0, 0.1) is 17.0 Å². The molecule has 0 N–H and O–H groups in total. The molecular formula is C33H26N4O3. The van der Waals surface area contributed by atoms with Crippen LogP contribution in [0.5, 0.6) is 0 Å². The van der Waals surface area contributed by atoms with Crippen molar-refractivity contribution in [3.8, 4) is 0 Å². The van der Waals surface area contributed by atoms with Gasteiger partial charge in [-0.25, -0.2) is 4.98 Å². The number of nitro benzene ring substituents is 1. The van der Waals surface area contributed by atoms with Crippen LogP contribution >= 0.6 is 0 Å². The fraction of sp³-hybridized carbons (Fsp3) is 0.0909. The monoisotopic (exact) mass is 526 g/mol. The number of imidazole rings is 1. The second-order valence-corrected chi connectivity index (χ2v) is 9.70. The van der Waals surface area contributed by atoms with Crippen LogP contribution in [0.15, 0.2) is 133 Å². The van der Waals surface area contributed by atoms with Crippen molar-refractivity contribution < 1.29 is 4.92 Å². The summed E-state index contributed by atoms with van der Waals surface area (Å²) in [5, 5.41) is 12.1. The van der Waals surface area contributed by atoms with E-state index in [9.17, 15) is 14.9 Å². The maximum atomic E-state index is 13.4. The molecule has 0 saturated heterocycles. The number of hydrogen-bond donors (Lipinski definition) is 0. The zero-order valence-corrected chi connectivity index (χ0v) is 21.8. The summed E-state index contributed by atoms with van der Waals surface area (Å²) in [6.45, 7) is 2.24. The van der Waals surface area contributed by atoms with Gasteiger partial charge in [-0.2, -0.15) is 0 Å². The Bertz CT molecular complexity index is 1780. The van der Waals surface area contributed by atoms with Crippen LogP contribution in [0.1, 0.15) is 28.1 Å². The molecule has 0 radical (unpaired) electrons. The molecule has 2 aromatic heterocycles. The Balaban J connectivity index is 1.54. The molecule has 40 heavy (non-hydrogen) atoms. The lowest BCUT2D eigenvalue weighted by molar-refractivity contribution is -0.383. The third-order valence-corrected chi connectivity index (χ3v) is 7.56. The number of pyridine rings is 1. The van der Waals surface area contributed by atoms with Crippen LogP contribution in [0.2, 0.25) is 0 Å². The molecule has 0 spiro atoms. The number of non-ortho nitro benzene ring substituents is 1. The maximum Gasteiger partial charge on any atom is 0.277 e. The van der Waals surface area contributed by atoms with Gasteiger partial charge in [0.05, 0.1) is 34.3 Å². The fourth-order valence-corrected chi connectivity index (χ4v) is 5.64. The summed E-state index contributed by atoms with van der Waals surface area (Å²) in [4.78, 5) is 29.2. The highest BCUT2D eigenvalue weighted by molar-refractivity contribution is 5.89. The minimum absolute atomic E-state index is 0.0828. The summed E-state index contributed by atoms with van der Waals surface area (Å²) in [6.07, 6.45) is 3.45. The Morgan fingerprint density at radius 2 is 1.30 bits per heavy atom. The zero-order valence-electron chi connectivity index (χ0n) is 21.8. The molecule has 0 amide bonds. The van der Waals surface area contributed by atoms with Crippen LogP contribution < -0.4 is 5.56 Å². The first kappa shape index (κ1) is 25.0. The second kappa shape index (κ2) is 10.1. The van der Waals surface area contributed by atoms with Gasteiger partial charge in [-0.1, -0.05) is 97.1 Å². The van der Waals surface area contributed by atoms with Gasteiger partial charge >= 0.3 is 0 Å². The van der Waals surface area contributed by atoms with E-state index in [1.165, 1.54) is 6.07 Å². The first-order valence-electron chi connectivity index (χ1n) is 13.0. The van der Waals surface area contributed by atoms with E-state index in [0.29, 0.717) is 10.8 Å². The number of nitrogens with zero attached hydrogens (tertiary/aromatic N) is 4. The van der Waals surface area contributed by atoms with Crippen molar-refractivity contribution in [3.05, 3.63) is 176 Å². The molecule has 2 heterocycles. The summed E-state index contributed by atoms with van der Waals surface area (Å²) in [7, 11) is 0. The predicted octanol–water partition coefficient (Wildman–Crippen LogP) is 6.30. The van der Waals surface area contributed by atoms with Crippen LogP contribution in [0.4, 0.5) is 5.69 Å². The fourth-order valence-electron chi connectivity index (χ4n) is 5.64. The van der Waals surface area contributed by atoms with Gasteiger partial charge in [0.25, 0.3) is 11.2 Å². The van der Waals surface area contributed by atoms with E-state index in [2.05, 4.69) is 41.0 Å². The first-order valence-corrected chi connectivity index (χ1v) is 13.0. The smallest absolute Gasteiger partial charge is 0.277 e. The SMILES string of the molecule is Cc1c(Cn2ccc3c([N+](=O)[O-])cccc3c2=O)ncn1C(c1ccccc1)(c1ccccc1)c1ccccc1. The van der Waals surface area contributed by atoms with Gasteiger partial charge in [-0.05, 0) is 35.7 Å². The van der Waals surface area contributed by atoms with Crippen molar-refractivity contribution in [2.45, 2.75) is 19.0 Å². The Morgan fingerprint density at radius 3 is 1.82 bits per heavy atom. The number of aromatic nitrogens is 3. The van der Waals surface area contributed by atoms with Crippen LogP contribution in [-0.4, -0.2) is 19.0 Å². The molecule has 0 bridgehead atoms. The highest BCUT2D eigenvalue weighted by Gasteiger charge is 2.39. The van der Waals surface area contributed by atoms with E-state index in [1.54, 1.807) is 29.0 Å². The van der Waals surface area contributed by atoms with Gasteiger partial charge in [-0.15, -0.1) is 0 Å². The number of hydrogen-bond acceptors (Lipinski definition) is 4. The normalized spacial score (nSPS) is 11.5. The largest absolute Gasteiger partial charge is 0.316 e. The Labute approximate surface area is 230 Å². The molecule has 0 unspecified atom stereocenters. The molecule has 0 atom stereocenters. The molecule has 0 aliphatic heterocycles. The molecule has 7 nitrogen and oxygen atoms in total. The average Bonchev–Trinajstić information content (AvgIpc) is 3.36. The van der Waals surface area contributed by atoms with E-state index in [-0.39, 0.29) is 17.8 Å². The topological polar surface area (TPSA) is 83.0 Å². The molecule has 0 fully saturated rings. The summed E-state index contributed by atoms with van der Waals surface area (Å²) < 4.78 is 3.74. The molecular weight excluding hydrogens is 500 g/mol. The molecule has 7 heteroatoms. The van der Waals surface area contributed by atoms with Crippen molar-refractivity contribution in [1.82, 2.24) is 14.1 Å². The van der Waals surface area contributed by atoms with Crippen molar-refractivity contribution in [2.75, 3.05) is 0 Å². The lowest BCUT2D eigenvalue weighted by Crippen LogP contribution is -2.38. The minimum atomic E-state index is -0.714. The summed E-state index contributed by atoms with van der Waals surface area (Å²) in [5.74, 6) is 0. The third kappa shape index (κ3) is 3.99. The Morgan fingerprint density at radius 1 is 0.750 bits per heavy atom. The van der Waals surface area contributed by atoms with Crippen molar-refractivity contribution in [1.29, 1.82) is 0 Å². The first-order chi connectivity index (χ1) is 19.5. The molecule has 6 rings (SSSR count). The molecule has 6 aromatic rings. The molecule has 4 aromatic carbocycles. The summed E-state index contributed by atoms with van der Waals surface area (Å²) in [6, 6.07) is 37.2. The predicted molar refractivity (Wildman–Crippen MR) is 156 cm³/mol. The van der Waals surface area contributed by atoms with Crippen molar-refractivity contribution in [3.63, 3.8) is 0 Å². The van der Waals surface area contributed by atoms with E-state index in [1.807, 2.05) is 67.8 Å². The number of benzene rings is 4. The van der Waals surface area contributed by atoms with Gasteiger partial charge in [0.2, 0.25) is 0 Å². The summed E-state index contributed by atoms with van der Waals surface area (Å²) >= 11 is 0. The summed E-state index contributed by atoms with van der Waals surface area (Å²) in [5.41, 5.74) is 3.78. The lowest BCUT2D eigenvalue weighted by Gasteiger charge is -2.38. The van der Waals surface area contributed by atoms with E-state index in [0.717, 1.165) is 28.1 Å². The molecule has 0 aliphatic carbocycles. The number of fused-ring (bicyclic) bond motifs is 1.